The van der Waals surface area contributed by atoms with E-state index in [0.717, 1.165) is 69.3 Å². The van der Waals surface area contributed by atoms with Gasteiger partial charge in [0.2, 0.25) is 0 Å². The number of nitrogens with zero attached hydrogens (tertiary/aromatic N) is 4. The van der Waals surface area contributed by atoms with E-state index in [9.17, 15) is 9.18 Å². The molecule has 1 aromatic heterocycles. The fraction of sp³-hybridized carbons (Fsp3) is 0.522. The number of halogens is 4. The lowest BCUT2D eigenvalue weighted by molar-refractivity contribution is 0.0926. The van der Waals surface area contributed by atoms with Crippen molar-refractivity contribution < 1.29 is 9.18 Å². The van der Waals surface area contributed by atoms with Gasteiger partial charge in [-0.05, 0) is 57.9 Å². The molecule has 1 aliphatic carbocycles. The van der Waals surface area contributed by atoms with E-state index in [4.69, 9.17) is 11.6 Å². The van der Waals surface area contributed by atoms with Gasteiger partial charge < -0.3 is 20.4 Å². The average Bonchev–Trinajstić information content (AvgIpc) is 2.77. The number of benzene rings is 1. The molecule has 0 radical (unpaired) electrons. The van der Waals surface area contributed by atoms with Crippen LogP contribution in [0.4, 0.5) is 16.0 Å². The van der Waals surface area contributed by atoms with Gasteiger partial charge in [-0.15, -0.1) is 24.8 Å². The molecule has 188 valence electrons. The summed E-state index contributed by atoms with van der Waals surface area (Å²) in [4.78, 5) is 26.3. The molecule has 2 fully saturated rings. The number of amides is 1. The standard InChI is InChI=1S/C23H30ClFN6O.2ClH/c1-15-26-21(14-22(27-15)31-11-9-30(2)10-12-31)28-17-4-6-18(7-5-17)29-23(32)16-3-8-20(25)19(24)13-16;;/h3,8,13-14,17-18H,4-7,9-12H2,1-2H3,(H,29,32)(H,26,27,28);2*1H/t17-,18+;;. The normalized spacial score (nSPS) is 20.6. The number of piperazine rings is 1. The highest BCUT2D eigenvalue weighted by atomic mass is 35.5. The Morgan fingerprint density at radius 3 is 2.32 bits per heavy atom. The van der Waals surface area contributed by atoms with Gasteiger partial charge in [0, 0.05) is 49.9 Å². The minimum absolute atomic E-state index is 0. The molecule has 1 saturated carbocycles. The number of nitrogens with one attached hydrogen (secondary N) is 2. The van der Waals surface area contributed by atoms with Crippen molar-refractivity contribution in [2.24, 2.45) is 0 Å². The molecule has 34 heavy (non-hydrogen) atoms. The Morgan fingerprint density at radius 1 is 1.03 bits per heavy atom. The number of anilines is 2. The van der Waals surface area contributed by atoms with E-state index in [1.807, 2.05) is 13.0 Å². The van der Waals surface area contributed by atoms with Crippen LogP contribution in [0.25, 0.3) is 0 Å². The Labute approximate surface area is 217 Å². The zero-order chi connectivity index (χ0) is 22.7. The predicted octanol–water partition coefficient (Wildman–Crippen LogP) is 4.33. The molecule has 2 aliphatic rings. The maximum absolute atomic E-state index is 13.3. The van der Waals surface area contributed by atoms with Crippen LogP contribution in [0.1, 0.15) is 41.9 Å². The fourth-order valence-corrected chi connectivity index (χ4v) is 4.50. The van der Waals surface area contributed by atoms with Crippen LogP contribution in [0, 0.1) is 12.7 Å². The van der Waals surface area contributed by atoms with E-state index in [1.54, 1.807) is 0 Å². The highest BCUT2D eigenvalue weighted by Gasteiger charge is 2.24. The second-order valence-electron chi connectivity index (χ2n) is 8.74. The molecule has 4 rings (SSSR count). The van der Waals surface area contributed by atoms with E-state index >= 15 is 0 Å². The van der Waals surface area contributed by atoms with Crippen molar-refractivity contribution in [1.29, 1.82) is 0 Å². The average molecular weight is 534 g/mol. The lowest BCUT2D eigenvalue weighted by Crippen LogP contribution is -2.45. The van der Waals surface area contributed by atoms with Gasteiger partial charge in [0.05, 0.1) is 5.02 Å². The van der Waals surface area contributed by atoms with E-state index < -0.39 is 5.82 Å². The van der Waals surface area contributed by atoms with E-state index in [0.29, 0.717) is 11.6 Å². The smallest absolute Gasteiger partial charge is 0.251 e. The van der Waals surface area contributed by atoms with Gasteiger partial charge in [0.15, 0.2) is 0 Å². The number of aryl methyl sites for hydroxylation is 1. The quantitative estimate of drug-likeness (QED) is 0.596. The molecular formula is C23H32Cl3FN6O. The molecule has 2 N–H and O–H groups in total. The molecule has 2 heterocycles. The van der Waals surface area contributed by atoms with Gasteiger partial charge in [0.1, 0.15) is 23.3 Å². The topological polar surface area (TPSA) is 73.4 Å². The summed E-state index contributed by atoms with van der Waals surface area (Å²) in [5.41, 5.74) is 0.379. The number of rotatable bonds is 5. The molecular weight excluding hydrogens is 502 g/mol. The Balaban J connectivity index is 0.00000204. The van der Waals surface area contributed by atoms with Crippen LogP contribution in [0.5, 0.6) is 0 Å². The van der Waals surface area contributed by atoms with Gasteiger partial charge in [0.25, 0.3) is 5.91 Å². The number of hydrogen-bond acceptors (Lipinski definition) is 6. The molecule has 2 aromatic rings. The molecule has 0 unspecified atom stereocenters. The summed E-state index contributed by atoms with van der Waals surface area (Å²) in [5, 5.41) is 6.58. The lowest BCUT2D eigenvalue weighted by Gasteiger charge is -2.34. The van der Waals surface area contributed by atoms with Crippen LogP contribution in [0.2, 0.25) is 5.02 Å². The Kier molecular flexibility index (Phi) is 10.6. The Hall–Kier alpha value is -1.87. The Bertz CT molecular complexity index is 966. The van der Waals surface area contributed by atoms with Crippen LogP contribution >= 0.6 is 36.4 Å². The lowest BCUT2D eigenvalue weighted by atomic mass is 9.91. The molecule has 1 saturated heterocycles. The second kappa shape index (κ2) is 12.7. The largest absolute Gasteiger partial charge is 0.367 e. The third-order valence-corrected chi connectivity index (χ3v) is 6.54. The molecule has 11 heteroatoms. The summed E-state index contributed by atoms with van der Waals surface area (Å²) >= 11 is 5.80. The molecule has 1 aromatic carbocycles. The minimum Gasteiger partial charge on any atom is -0.367 e. The van der Waals surface area contributed by atoms with Crippen molar-refractivity contribution >= 4 is 54.0 Å². The number of likely N-dealkylation sites (N-methyl/N-ethyl adjacent to an activating group) is 1. The SMILES string of the molecule is Cc1nc(N[C@H]2CC[C@@H](NC(=O)c3ccc(F)c(Cl)c3)CC2)cc(N2CCN(C)CC2)n1.Cl.Cl. The summed E-state index contributed by atoms with van der Waals surface area (Å²) in [5.74, 6) is 1.87. The number of aromatic nitrogens is 2. The third-order valence-electron chi connectivity index (χ3n) is 6.25. The highest BCUT2D eigenvalue weighted by Crippen LogP contribution is 2.24. The van der Waals surface area contributed by atoms with Crippen LogP contribution in [0.15, 0.2) is 24.3 Å². The van der Waals surface area contributed by atoms with Gasteiger partial charge in [-0.1, -0.05) is 11.6 Å². The summed E-state index contributed by atoms with van der Waals surface area (Å²) in [7, 11) is 2.14. The first-order valence-electron chi connectivity index (χ1n) is 11.2. The van der Waals surface area contributed by atoms with E-state index in [1.165, 1.54) is 18.2 Å². The Morgan fingerprint density at radius 2 is 1.68 bits per heavy atom. The molecule has 0 bridgehead atoms. The molecule has 1 aliphatic heterocycles. The summed E-state index contributed by atoms with van der Waals surface area (Å²) in [6.45, 7) is 5.93. The first kappa shape index (κ1) is 28.4. The van der Waals surface area contributed by atoms with Crippen molar-refractivity contribution in [3.05, 3.63) is 46.5 Å². The monoisotopic (exact) mass is 532 g/mol. The minimum atomic E-state index is -0.523. The van der Waals surface area contributed by atoms with Crippen molar-refractivity contribution in [2.75, 3.05) is 43.4 Å². The molecule has 0 spiro atoms. The predicted molar refractivity (Wildman–Crippen MR) is 140 cm³/mol. The summed E-state index contributed by atoms with van der Waals surface area (Å²) in [6, 6.07) is 6.49. The van der Waals surface area contributed by atoms with Gasteiger partial charge in [-0.25, -0.2) is 14.4 Å². The fourth-order valence-electron chi connectivity index (χ4n) is 4.32. The van der Waals surface area contributed by atoms with Gasteiger partial charge >= 0.3 is 0 Å². The molecule has 1 amide bonds. The maximum Gasteiger partial charge on any atom is 0.251 e. The van der Waals surface area contributed by atoms with Crippen molar-refractivity contribution in [3.63, 3.8) is 0 Å². The summed E-state index contributed by atoms with van der Waals surface area (Å²) < 4.78 is 13.3. The summed E-state index contributed by atoms with van der Waals surface area (Å²) in [6.07, 6.45) is 3.60. The van der Waals surface area contributed by atoms with Crippen LogP contribution in [-0.4, -0.2) is 66.1 Å². The van der Waals surface area contributed by atoms with Gasteiger partial charge in [-0.2, -0.15) is 0 Å². The maximum atomic E-state index is 13.3. The van der Waals surface area contributed by atoms with Gasteiger partial charge in [-0.3, -0.25) is 4.79 Å². The van der Waals surface area contributed by atoms with Crippen molar-refractivity contribution in [1.82, 2.24) is 20.2 Å². The van der Waals surface area contributed by atoms with Crippen molar-refractivity contribution in [2.45, 2.75) is 44.7 Å². The highest BCUT2D eigenvalue weighted by molar-refractivity contribution is 6.31. The molecule has 0 atom stereocenters. The van der Waals surface area contributed by atoms with E-state index in [2.05, 4.69) is 37.4 Å². The van der Waals surface area contributed by atoms with E-state index in [-0.39, 0.29) is 41.8 Å². The third kappa shape index (κ3) is 7.31. The van der Waals surface area contributed by atoms with Crippen LogP contribution < -0.4 is 15.5 Å². The van der Waals surface area contributed by atoms with Crippen molar-refractivity contribution in [3.8, 4) is 0 Å². The zero-order valence-corrected chi connectivity index (χ0v) is 21.8. The van der Waals surface area contributed by atoms with Crippen LogP contribution in [-0.2, 0) is 0 Å². The molecule has 7 nitrogen and oxygen atoms in total. The first-order valence-corrected chi connectivity index (χ1v) is 11.6. The van der Waals surface area contributed by atoms with Crippen LogP contribution in [0.3, 0.4) is 0 Å². The first-order chi connectivity index (χ1) is 15.4. The second-order valence-corrected chi connectivity index (χ2v) is 9.15. The number of carbonyl (C=O) groups excluding carboxylic acids is 1. The number of hydrogen-bond donors (Lipinski definition) is 2. The zero-order valence-electron chi connectivity index (χ0n) is 19.4. The number of carbonyl (C=O) groups is 1.